The molecule has 7 nitrogen and oxygen atoms in total. The summed E-state index contributed by atoms with van der Waals surface area (Å²) in [5, 5.41) is 5.73. The maximum atomic E-state index is 12.3. The Bertz CT molecular complexity index is 1030. The fourth-order valence-corrected chi connectivity index (χ4v) is 3.72. The first-order valence-corrected chi connectivity index (χ1v) is 11.5. The van der Waals surface area contributed by atoms with E-state index in [0.717, 1.165) is 42.0 Å². The van der Waals surface area contributed by atoms with Crippen LogP contribution in [0.15, 0.2) is 59.2 Å². The molecule has 2 N–H and O–H groups in total. The highest BCUT2D eigenvalue weighted by Crippen LogP contribution is 2.19. The van der Waals surface area contributed by atoms with Crippen molar-refractivity contribution in [2.75, 3.05) is 25.1 Å². The molecule has 0 spiro atoms. The number of aryl methyl sites for hydroxylation is 1. The van der Waals surface area contributed by atoms with Crippen molar-refractivity contribution >= 4 is 11.7 Å². The van der Waals surface area contributed by atoms with E-state index in [9.17, 15) is 4.79 Å². The zero-order valence-corrected chi connectivity index (χ0v) is 19.0. The second-order valence-electron chi connectivity index (χ2n) is 8.35. The Morgan fingerprint density at radius 3 is 2.88 bits per heavy atom. The van der Waals surface area contributed by atoms with Gasteiger partial charge in [-0.15, -0.1) is 0 Å². The standard InChI is InChI=1S/C26H31N3O4/c1-19-8-10-21(11-9-19)25-28-23(17-33-25)12-13-27-26(30)29-22-6-4-5-20(15-22)16-31-18-24-7-2-3-14-32-24/h4-6,8-11,15,17,24H,2-3,7,12-14,16,18H2,1H3,(H2,27,29,30). The van der Waals surface area contributed by atoms with Gasteiger partial charge in [-0.1, -0.05) is 29.8 Å². The smallest absolute Gasteiger partial charge is 0.319 e. The van der Waals surface area contributed by atoms with Crippen LogP contribution in [0.2, 0.25) is 0 Å². The highest BCUT2D eigenvalue weighted by atomic mass is 16.5. The molecule has 1 aliphatic heterocycles. The van der Waals surface area contributed by atoms with Crippen LogP contribution in [0.5, 0.6) is 0 Å². The summed E-state index contributed by atoms with van der Waals surface area (Å²) in [5.41, 5.74) is 4.66. The van der Waals surface area contributed by atoms with E-state index in [4.69, 9.17) is 13.9 Å². The van der Waals surface area contributed by atoms with Crippen molar-refractivity contribution in [3.63, 3.8) is 0 Å². The number of aromatic nitrogens is 1. The lowest BCUT2D eigenvalue weighted by molar-refractivity contribution is -0.0447. The molecule has 0 bridgehead atoms. The molecular formula is C26H31N3O4. The number of carbonyl (C=O) groups excluding carboxylic acids is 1. The average molecular weight is 450 g/mol. The highest BCUT2D eigenvalue weighted by molar-refractivity contribution is 5.89. The molecule has 0 aliphatic carbocycles. The van der Waals surface area contributed by atoms with Crippen molar-refractivity contribution in [1.29, 1.82) is 0 Å². The predicted octanol–water partition coefficient (Wildman–Crippen LogP) is 5.10. The number of amides is 2. The molecule has 1 atom stereocenters. The molecule has 3 aromatic rings. The summed E-state index contributed by atoms with van der Waals surface area (Å²) in [6.45, 7) is 4.42. The van der Waals surface area contributed by atoms with Gasteiger partial charge in [0.2, 0.25) is 5.89 Å². The number of hydrogen-bond acceptors (Lipinski definition) is 5. The average Bonchev–Trinajstić information content (AvgIpc) is 3.29. The molecule has 1 aliphatic rings. The molecular weight excluding hydrogens is 418 g/mol. The molecule has 33 heavy (non-hydrogen) atoms. The molecule has 1 aromatic heterocycles. The van der Waals surface area contributed by atoms with Crippen LogP contribution < -0.4 is 10.6 Å². The Labute approximate surface area is 194 Å². The number of benzene rings is 2. The topological polar surface area (TPSA) is 85.6 Å². The van der Waals surface area contributed by atoms with Gasteiger partial charge < -0.3 is 24.5 Å². The number of nitrogens with one attached hydrogen (secondary N) is 2. The minimum absolute atomic E-state index is 0.198. The lowest BCUT2D eigenvalue weighted by Crippen LogP contribution is -2.30. The van der Waals surface area contributed by atoms with E-state index in [0.29, 0.717) is 32.1 Å². The van der Waals surface area contributed by atoms with Crippen LogP contribution in [0.3, 0.4) is 0 Å². The summed E-state index contributed by atoms with van der Waals surface area (Å²) in [4.78, 5) is 16.8. The van der Waals surface area contributed by atoms with Gasteiger partial charge in [0.15, 0.2) is 0 Å². The fourth-order valence-electron chi connectivity index (χ4n) is 3.72. The molecule has 174 valence electrons. The van der Waals surface area contributed by atoms with Gasteiger partial charge in [-0.05, 0) is 56.0 Å². The Morgan fingerprint density at radius 1 is 1.18 bits per heavy atom. The Hall–Kier alpha value is -3.16. The van der Waals surface area contributed by atoms with E-state index >= 15 is 0 Å². The number of hydrogen-bond donors (Lipinski definition) is 2. The monoisotopic (exact) mass is 449 g/mol. The van der Waals surface area contributed by atoms with Crippen LogP contribution in [-0.2, 0) is 22.5 Å². The van der Waals surface area contributed by atoms with Crippen LogP contribution in [0.1, 0.15) is 36.1 Å². The third-order valence-electron chi connectivity index (χ3n) is 5.55. The fraction of sp³-hybridized carbons (Fsp3) is 0.385. The van der Waals surface area contributed by atoms with E-state index in [1.807, 2.05) is 55.5 Å². The minimum atomic E-state index is -0.258. The molecule has 2 heterocycles. The maximum Gasteiger partial charge on any atom is 0.319 e. The van der Waals surface area contributed by atoms with Crippen molar-refractivity contribution in [2.45, 2.75) is 45.3 Å². The van der Waals surface area contributed by atoms with E-state index in [1.54, 1.807) is 6.26 Å². The van der Waals surface area contributed by atoms with Gasteiger partial charge in [0.05, 0.1) is 25.0 Å². The van der Waals surface area contributed by atoms with E-state index in [1.165, 1.54) is 12.0 Å². The number of anilines is 1. The zero-order valence-electron chi connectivity index (χ0n) is 19.0. The highest BCUT2D eigenvalue weighted by Gasteiger charge is 2.14. The number of urea groups is 1. The van der Waals surface area contributed by atoms with Crippen LogP contribution in [0.4, 0.5) is 10.5 Å². The normalized spacial score (nSPS) is 15.8. The van der Waals surface area contributed by atoms with Crippen LogP contribution in [0.25, 0.3) is 11.5 Å². The first-order valence-electron chi connectivity index (χ1n) is 11.5. The van der Waals surface area contributed by atoms with Crippen molar-refractivity contribution in [3.05, 3.63) is 71.6 Å². The number of rotatable bonds is 9. The molecule has 1 unspecified atom stereocenters. The number of nitrogens with zero attached hydrogens (tertiary/aromatic N) is 1. The number of oxazole rings is 1. The molecule has 0 radical (unpaired) electrons. The lowest BCUT2D eigenvalue weighted by Gasteiger charge is -2.22. The van der Waals surface area contributed by atoms with Crippen molar-refractivity contribution in [1.82, 2.24) is 10.3 Å². The first kappa shape index (κ1) is 23.0. The Balaban J connectivity index is 1.18. The molecule has 1 saturated heterocycles. The van der Waals surface area contributed by atoms with Gasteiger partial charge in [0.25, 0.3) is 0 Å². The summed E-state index contributed by atoms with van der Waals surface area (Å²) in [6, 6.07) is 15.4. The van der Waals surface area contributed by atoms with E-state index < -0.39 is 0 Å². The van der Waals surface area contributed by atoms with Crippen molar-refractivity contribution in [3.8, 4) is 11.5 Å². The summed E-state index contributed by atoms with van der Waals surface area (Å²) < 4.78 is 17.1. The third kappa shape index (κ3) is 7.17. The molecule has 2 aromatic carbocycles. The quantitative estimate of drug-likeness (QED) is 0.475. The van der Waals surface area contributed by atoms with Gasteiger partial charge >= 0.3 is 6.03 Å². The van der Waals surface area contributed by atoms with Gasteiger partial charge in [-0.3, -0.25) is 0 Å². The van der Waals surface area contributed by atoms with E-state index in [-0.39, 0.29) is 12.1 Å². The SMILES string of the molecule is Cc1ccc(-c2nc(CCNC(=O)Nc3cccc(COCC4CCCCO4)c3)co2)cc1. The molecule has 7 heteroatoms. The second-order valence-corrected chi connectivity index (χ2v) is 8.35. The molecule has 2 amide bonds. The number of ether oxygens (including phenoxy) is 2. The predicted molar refractivity (Wildman–Crippen MR) is 127 cm³/mol. The van der Waals surface area contributed by atoms with Crippen LogP contribution >= 0.6 is 0 Å². The van der Waals surface area contributed by atoms with E-state index in [2.05, 4.69) is 15.6 Å². The van der Waals surface area contributed by atoms with Crippen LogP contribution in [-0.4, -0.2) is 36.9 Å². The second kappa shape index (κ2) is 11.6. The van der Waals surface area contributed by atoms with Crippen LogP contribution in [0, 0.1) is 6.92 Å². The summed E-state index contributed by atoms with van der Waals surface area (Å²) in [7, 11) is 0. The maximum absolute atomic E-state index is 12.3. The largest absolute Gasteiger partial charge is 0.444 e. The van der Waals surface area contributed by atoms with Crippen molar-refractivity contribution in [2.24, 2.45) is 0 Å². The van der Waals surface area contributed by atoms with Gasteiger partial charge in [0, 0.05) is 30.8 Å². The third-order valence-corrected chi connectivity index (χ3v) is 5.55. The minimum Gasteiger partial charge on any atom is -0.444 e. The Kier molecular flexibility index (Phi) is 8.11. The molecule has 4 rings (SSSR count). The van der Waals surface area contributed by atoms with Gasteiger partial charge in [-0.25, -0.2) is 9.78 Å². The number of carbonyl (C=O) groups is 1. The Morgan fingerprint density at radius 2 is 2.06 bits per heavy atom. The summed E-state index contributed by atoms with van der Waals surface area (Å²) in [5.74, 6) is 0.587. The van der Waals surface area contributed by atoms with Crippen molar-refractivity contribution < 1.29 is 18.7 Å². The van der Waals surface area contributed by atoms with Gasteiger partial charge in [-0.2, -0.15) is 0 Å². The zero-order chi connectivity index (χ0) is 22.9. The lowest BCUT2D eigenvalue weighted by atomic mass is 10.1. The van der Waals surface area contributed by atoms with Gasteiger partial charge in [0.1, 0.15) is 6.26 Å². The summed E-state index contributed by atoms with van der Waals surface area (Å²) in [6.07, 6.45) is 5.82. The first-order chi connectivity index (χ1) is 16.2. The molecule has 1 fully saturated rings. The molecule has 0 saturated carbocycles. The summed E-state index contributed by atoms with van der Waals surface area (Å²) >= 11 is 0.